The number of fused-ring (bicyclic) bond motifs is 3. The van der Waals surface area contributed by atoms with Gasteiger partial charge in [-0.1, -0.05) is 24.3 Å². The van der Waals surface area contributed by atoms with Gasteiger partial charge in [-0.25, -0.2) is 0 Å². The molecule has 2 aliphatic carbocycles. The molecule has 31 heavy (non-hydrogen) atoms. The van der Waals surface area contributed by atoms with Crippen LogP contribution in [0.25, 0.3) is 0 Å². The summed E-state index contributed by atoms with van der Waals surface area (Å²) in [5.74, 6) is -3.51. The molecular weight excluding hydrogens is 402 g/mol. The summed E-state index contributed by atoms with van der Waals surface area (Å²) in [5, 5.41) is 4.95. The maximum atomic E-state index is 13.1. The minimum Gasteiger partial charge on any atom is -0.352 e. The summed E-state index contributed by atoms with van der Waals surface area (Å²) in [6.07, 6.45) is 4.23. The molecule has 4 aliphatic rings. The number of nitrogens with zero attached hydrogens (tertiary/aromatic N) is 1. The number of carbonyl (C=O) groups is 6. The first-order valence-electron chi connectivity index (χ1n) is 10.2. The Morgan fingerprint density at radius 2 is 1.90 bits per heavy atom. The van der Waals surface area contributed by atoms with E-state index in [1.807, 2.05) is 6.08 Å². The van der Waals surface area contributed by atoms with Crippen LogP contribution in [-0.4, -0.2) is 46.3 Å². The first kappa shape index (κ1) is 19.3. The molecule has 2 heterocycles. The number of imide groups is 2. The summed E-state index contributed by atoms with van der Waals surface area (Å²) < 4.78 is 0. The third-order valence-electron chi connectivity index (χ3n) is 6.53. The van der Waals surface area contributed by atoms with Gasteiger partial charge in [-0.15, -0.1) is 0 Å². The van der Waals surface area contributed by atoms with E-state index in [0.29, 0.717) is 12.0 Å². The van der Waals surface area contributed by atoms with Crippen molar-refractivity contribution in [3.63, 3.8) is 0 Å². The maximum Gasteiger partial charge on any atom is 0.262 e. The summed E-state index contributed by atoms with van der Waals surface area (Å²) in [5.41, 5.74) is 0.782. The van der Waals surface area contributed by atoms with Crippen LogP contribution in [0.1, 0.15) is 45.5 Å². The second kappa shape index (κ2) is 6.97. The van der Waals surface area contributed by atoms with Gasteiger partial charge in [-0.3, -0.25) is 39.0 Å². The van der Waals surface area contributed by atoms with Gasteiger partial charge in [0.1, 0.15) is 11.8 Å². The number of allylic oxidation sites excluding steroid dienone is 2. The molecule has 9 nitrogen and oxygen atoms in total. The van der Waals surface area contributed by atoms with Crippen LogP contribution in [0.2, 0.25) is 0 Å². The molecule has 0 spiro atoms. The van der Waals surface area contributed by atoms with Crippen LogP contribution < -0.4 is 10.6 Å². The van der Waals surface area contributed by atoms with Gasteiger partial charge >= 0.3 is 0 Å². The first-order valence-corrected chi connectivity index (χ1v) is 10.2. The van der Waals surface area contributed by atoms with Crippen LogP contribution in [0, 0.1) is 17.8 Å². The molecule has 1 saturated heterocycles. The van der Waals surface area contributed by atoms with Gasteiger partial charge in [0.2, 0.25) is 17.7 Å². The number of rotatable bonds is 4. The van der Waals surface area contributed by atoms with E-state index in [1.165, 1.54) is 6.07 Å². The van der Waals surface area contributed by atoms with Crippen LogP contribution in [0.4, 0.5) is 0 Å². The third-order valence-corrected chi connectivity index (χ3v) is 6.53. The molecule has 2 aliphatic heterocycles. The predicted molar refractivity (Wildman–Crippen MR) is 104 cm³/mol. The monoisotopic (exact) mass is 421 g/mol. The molecule has 2 N–H and O–H groups in total. The summed E-state index contributed by atoms with van der Waals surface area (Å²) in [4.78, 5) is 75.1. The van der Waals surface area contributed by atoms with Crippen LogP contribution in [0.15, 0.2) is 30.4 Å². The van der Waals surface area contributed by atoms with Gasteiger partial charge in [0.15, 0.2) is 0 Å². The van der Waals surface area contributed by atoms with Gasteiger partial charge in [0, 0.05) is 24.8 Å². The fraction of sp³-hybridized carbons (Fsp3) is 0.364. The van der Waals surface area contributed by atoms with E-state index in [4.69, 9.17) is 0 Å². The number of amides is 5. The smallest absolute Gasteiger partial charge is 0.262 e. The van der Waals surface area contributed by atoms with Gasteiger partial charge in [-0.05, 0) is 24.5 Å². The lowest BCUT2D eigenvalue weighted by atomic mass is 9.92. The number of benzene rings is 1. The summed E-state index contributed by atoms with van der Waals surface area (Å²) >= 11 is 0. The average molecular weight is 421 g/mol. The van der Waals surface area contributed by atoms with Crippen molar-refractivity contribution in [2.24, 2.45) is 17.8 Å². The molecule has 2 fully saturated rings. The van der Waals surface area contributed by atoms with Crippen molar-refractivity contribution in [1.82, 2.24) is 15.5 Å². The number of hydrogen-bond donors (Lipinski definition) is 2. The highest BCUT2D eigenvalue weighted by Crippen LogP contribution is 2.40. The molecule has 2 unspecified atom stereocenters. The number of hydrogen-bond acceptors (Lipinski definition) is 6. The molecular formula is C22H19N3O6. The molecule has 1 aromatic carbocycles. The Balaban J connectivity index is 1.34. The van der Waals surface area contributed by atoms with E-state index < -0.39 is 41.5 Å². The van der Waals surface area contributed by atoms with Gasteiger partial charge in [-0.2, -0.15) is 0 Å². The Bertz CT molecular complexity index is 1110. The lowest BCUT2D eigenvalue weighted by molar-refractivity contribution is -0.136. The molecule has 5 rings (SSSR count). The van der Waals surface area contributed by atoms with E-state index in [-0.39, 0.29) is 48.1 Å². The number of piperidine rings is 1. The molecule has 9 heteroatoms. The quantitative estimate of drug-likeness (QED) is 0.524. The fourth-order valence-corrected chi connectivity index (χ4v) is 4.95. The molecule has 0 aromatic heterocycles. The normalized spacial score (nSPS) is 28.9. The summed E-state index contributed by atoms with van der Waals surface area (Å²) in [6.45, 7) is 0.0238. The summed E-state index contributed by atoms with van der Waals surface area (Å²) in [7, 11) is 0. The molecule has 158 valence electrons. The standard InChI is InChI=1S/C22H19N3O6/c26-16-7-6-15(20(29)24-16)25-21(30)13-3-1-2-11(17(13)22(25)31)9-23-19(28)14-8-10-4-5-12(14)18(10)27/h1-5,10,12,14-15H,6-9H2,(H,23,28)(H,24,26,29)/t10-,12+,14?,15?/m0/s1. The average Bonchev–Trinajstić information content (AvgIpc) is 3.35. The zero-order chi connectivity index (χ0) is 21.9. The SMILES string of the molecule is O=C1CCC(N2C(=O)c3cccc(CNC(=O)C4C[C@@H]5C=C[C@H]4C5=O)c3C2=O)C(=O)N1. The third kappa shape index (κ3) is 2.91. The Hall–Kier alpha value is -3.62. The Labute approximate surface area is 176 Å². The fourth-order valence-electron chi connectivity index (χ4n) is 4.95. The van der Waals surface area contributed by atoms with Crippen LogP contribution >= 0.6 is 0 Å². The van der Waals surface area contributed by atoms with Crippen molar-refractivity contribution in [2.45, 2.75) is 31.8 Å². The van der Waals surface area contributed by atoms with E-state index >= 15 is 0 Å². The van der Waals surface area contributed by atoms with Gasteiger partial charge in [0.05, 0.1) is 17.0 Å². The van der Waals surface area contributed by atoms with Crippen molar-refractivity contribution in [1.29, 1.82) is 0 Å². The van der Waals surface area contributed by atoms with Crippen molar-refractivity contribution in [3.05, 3.63) is 47.0 Å². The lowest BCUT2D eigenvalue weighted by Crippen LogP contribution is -2.54. The Morgan fingerprint density at radius 1 is 1.10 bits per heavy atom. The summed E-state index contributed by atoms with van der Waals surface area (Å²) in [6, 6.07) is 3.72. The van der Waals surface area contributed by atoms with Crippen molar-refractivity contribution in [2.75, 3.05) is 0 Å². The van der Waals surface area contributed by atoms with Crippen molar-refractivity contribution >= 4 is 35.3 Å². The first-order chi connectivity index (χ1) is 14.9. The van der Waals surface area contributed by atoms with E-state index in [1.54, 1.807) is 18.2 Å². The highest BCUT2D eigenvalue weighted by Gasteiger charge is 2.47. The zero-order valence-electron chi connectivity index (χ0n) is 16.4. The molecule has 1 saturated carbocycles. The highest BCUT2D eigenvalue weighted by molar-refractivity contribution is 6.24. The topological polar surface area (TPSA) is 130 Å². The van der Waals surface area contributed by atoms with Gasteiger partial charge < -0.3 is 5.32 Å². The maximum absolute atomic E-state index is 13.1. The Kier molecular flexibility index (Phi) is 4.35. The second-order valence-electron chi connectivity index (χ2n) is 8.27. The molecule has 2 bridgehead atoms. The minimum atomic E-state index is -1.04. The van der Waals surface area contributed by atoms with E-state index in [2.05, 4.69) is 10.6 Å². The number of Topliss-reactive ketones (excluding diaryl/α,β-unsaturated/α-hetero) is 1. The van der Waals surface area contributed by atoms with Crippen LogP contribution in [-0.2, 0) is 25.7 Å². The zero-order valence-corrected chi connectivity index (χ0v) is 16.4. The number of ketones is 1. The van der Waals surface area contributed by atoms with Crippen molar-refractivity contribution < 1.29 is 28.8 Å². The predicted octanol–water partition coefficient (Wildman–Crippen LogP) is 0.0952. The van der Waals surface area contributed by atoms with Crippen LogP contribution in [0.3, 0.4) is 0 Å². The lowest BCUT2D eigenvalue weighted by Gasteiger charge is -2.27. The molecule has 1 aromatic rings. The minimum absolute atomic E-state index is 0.0238. The largest absolute Gasteiger partial charge is 0.352 e. The Morgan fingerprint density at radius 3 is 2.58 bits per heavy atom. The molecule has 4 atom stereocenters. The number of carbonyl (C=O) groups excluding carboxylic acids is 6. The second-order valence-corrected chi connectivity index (χ2v) is 8.27. The van der Waals surface area contributed by atoms with Crippen molar-refractivity contribution in [3.8, 4) is 0 Å². The highest BCUT2D eigenvalue weighted by atomic mass is 16.2. The van der Waals surface area contributed by atoms with E-state index in [0.717, 1.165) is 4.90 Å². The number of nitrogens with one attached hydrogen (secondary N) is 2. The van der Waals surface area contributed by atoms with E-state index in [9.17, 15) is 28.8 Å². The van der Waals surface area contributed by atoms with Gasteiger partial charge in [0.25, 0.3) is 11.8 Å². The molecule has 5 amide bonds. The molecule has 0 radical (unpaired) electrons. The van der Waals surface area contributed by atoms with Crippen LogP contribution in [0.5, 0.6) is 0 Å².